The molecule has 0 radical (unpaired) electrons. The van der Waals surface area contributed by atoms with Gasteiger partial charge in [0.1, 0.15) is 17.6 Å². The van der Waals surface area contributed by atoms with Gasteiger partial charge in [-0.3, -0.25) is 4.79 Å². The molecule has 1 saturated heterocycles. The van der Waals surface area contributed by atoms with Gasteiger partial charge in [0.25, 0.3) is 0 Å². The fourth-order valence-corrected chi connectivity index (χ4v) is 3.37. The van der Waals surface area contributed by atoms with E-state index >= 15 is 0 Å². The first-order valence-corrected chi connectivity index (χ1v) is 8.43. The summed E-state index contributed by atoms with van der Waals surface area (Å²) in [4.78, 5) is 14.4. The Morgan fingerprint density at radius 2 is 2.12 bits per heavy atom. The number of amides is 1. The Morgan fingerprint density at radius 1 is 1.29 bits per heavy atom. The van der Waals surface area contributed by atoms with Crippen molar-refractivity contribution in [3.05, 3.63) is 54.0 Å². The number of carbonyl (C=O) groups excluding carboxylic acids is 1. The van der Waals surface area contributed by atoms with Crippen LogP contribution in [0.3, 0.4) is 0 Å². The fourth-order valence-electron chi connectivity index (χ4n) is 3.37. The van der Waals surface area contributed by atoms with Crippen molar-refractivity contribution in [3.8, 4) is 5.75 Å². The zero-order chi connectivity index (χ0) is 16.9. The van der Waals surface area contributed by atoms with Crippen molar-refractivity contribution in [2.24, 2.45) is 0 Å². The number of hydrogen-bond acceptors (Lipinski definition) is 4. The Hall–Kier alpha value is -2.27. The van der Waals surface area contributed by atoms with Crippen LogP contribution in [0.5, 0.6) is 5.75 Å². The maximum absolute atomic E-state index is 12.5. The highest BCUT2D eigenvalue weighted by molar-refractivity contribution is 5.77. The molecule has 2 atom stereocenters. The van der Waals surface area contributed by atoms with Gasteiger partial charge in [-0.2, -0.15) is 0 Å². The number of para-hydroxylation sites is 1. The first kappa shape index (κ1) is 16.6. The molecular weight excluding hydrogens is 306 g/mol. The summed E-state index contributed by atoms with van der Waals surface area (Å²) >= 11 is 0. The van der Waals surface area contributed by atoms with Crippen molar-refractivity contribution >= 4 is 5.91 Å². The van der Waals surface area contributed by atoms with E-state index in [0.29, 0.717) is 25.0 Å². The number of rotatable bonds is 6. The SMILES string of the molecule is O=C(CCc1ccccc1O)N1CCCC1CC(O)c1ccco1. The van der Waals surface area contributed by atoms with E-state index in [0.717, 1.165) is 24.9 Å². The van der Waals surface area contributed by atoms with Crippen LogP contribution in [-0.2, 0) is 11.2 Å². The van der Waals surface area contributed by atoms with Crippen molar-refractivity contribution in [1.82, 2.24) is 4.90 Å². The molecule has 5 nitrogen and oxygen atoms in total. The minimum absolute atomic E-state index is 0.0435. The summed E-state index contributed by atoms with van der Waals surface area (Å²) in [6.07, 6.45) is 4.10. The molecule has 1 aliphatic heterocycles. The van der Waals surface area contributed by atoms with Crippen LogP contribution >= 0.6 is 0 Å². The molecule has 1 aromatic carbocycles. The summed E-state index contributed by atoms with van der Waals surface area (Å²) < 4.78 is 5.24. The lowest BCUT2D eigenvalue weighted by Gasteiger charge is -2.26. The molecular formula is C19H23NO4. The highest BCUT2D eigenvalue weighted by Gasteiger charge is 2.31. The molecule has 0 bridgehead atoms. The number of furan rings is 1. The van der Waals surface area contributed by atoms with Gasteiger partial charge in [0.15, 0.2) is 0 Å². The van der Waals surface area contributed by atoms with E-state index in [9.17, 15) is 15.0 Å². The Bertz CT molecular complexity index is 668. The molecule has 1 fully saturated rings. The second kappa shape index (κ2) is 7.53. The summed E-state index contributed by atoms with van der Waals surface area (Å²) in [5, 5.41) is 20.0. The van der Waals surface area contributed by atoms with Crippen LogP contribution in [0.1, 0.15) is 43.1 Å². The van der Waals surface area contributed by atoms with Crippen molar-refractivity contribution in [1.29, 1.82) is 0 Å². The van der Waals surface area contributed by atoms with Gasteiger partial charge in [-0.25, -0.2) is 0 Å². The van der Waals surface area contributed by atoms with E-state index < -0.39 is 6.10 Å². The van der Waals surface area contributed by atoms with Crippen molar-refractivity contribution in [2.75, 3.05) is 6.54 Å². The molecule has 128 valence electrons. The van der Waals surface area contributed by atoms with Crippen LogP contribution < -0.4 is 0 Å². The minimum Gasteiger partial charge on any atom is -0.508 e. The quantitative estimate of drug-likeness (QED) is 0.854. The molecule has 3 rings (SSSR count). The topological polar surface area (TPSA) is 73.9 Å². The van der Waals surface area contributed by atoms with Gasteiger partial charge >= 0.3 is 0 Å². The van der Waals surface area contributed by atoms with Crippen molar-refractivity contribution < 1.29 is 19.4 Å². The number of carbonyl (C=O) groups is 1. The minimum atomic E-state index is -0.684. The van der Waals surface area contributed by atoms with E-state index in [1.165, 1.54) is 0 Å². The molecule has 5 heteroatoms. The molecule has 0 spiro atoms. The van der Waals surface area contributed by atoms with Gasteiger partial charge in [0.2, 0.25) is 5.91 Å². The van der Waals surface area contributed by atoms with Gasteiger partial charge < -0.3 is 19.5 Å². The summed E-state index contributed by atoms with van der Waals surface area (Å²) in [6, 6.07) is 10.7. The lowest BCUT2D eigenvalue weighted by atomic mass is 10.0. The van der Waals surface area contributed by atoms with Crippen molar-refractivity contribution in [3.63, 3.8) is 0 Å². The van der Waals surface area contributed by atoms with Crippen molar-refractivity contribution in [2.45, 2.75) is 44.2 Å². The Balaban J connectivity index is 1.56. The number of phenols is 1. The molecule has 2 unspecified atom stereocenters. The number of hydrogen-bond donors (Lipinski definition) is 2. The smallest absolute Gasteiger partial charge is 0.223 e. The monoisotopic (exact) mass is 329 g/mol. The fraction of sp³-hybridized carbons (Fsp3) is 0.421. The molecule has 0 saturated carbocycles. The number of aliphatic hydroxyl groups is 1. The second-order valence-electron chi connectivity index (χ2n) is 6.28. The van der Waals surface area contributed by atoms with Gasteiger partial charge in [-0.1, -0.05) is 18.2 Å². The molecule has 1 aromatic heterocycles. The van der Waals surface area contributed by atoms with E-state index in [4.69, 9.17) is 4.42 Å². The lowest BCUT2D eigenvalue weighted by Crippen LogP contribution is -2.36. The Morgan fingerprint density at radius 3 is 2.88 bits per heavy atom. The number of phenolic OH excluding ortho intramolecular Hbond substituents is 1. The third-order valence-electron chi connectivity index (χ3n) is 4.66. The number of benzene rings is 1. The zero-order valence-corrected chi connectivity index (χ0v) is 13.6. The predicted molar refractivity (Wildman–Crippen MR) is 89.4 cm³/mol. The number of aliphatic hydroxyl groups excluding tert-OH is 1. The molecule has 1 aliphatic rings. The Kier molecular flexibility index (Phi) is 5.20. The summed E-state index contributed by atoms with van der Waals surface area (Å²) in [6.45, 7) is 0.731. The molecule has 2 N–H and O–H groups in total. The average molecular weight is 329 g/mol. The van der Waals surface area contributed by atoms with Crippen LogP contribution in [0.15, 0.2) is 47.1 Å². The lowest BCUT2D eigenvalue weighted by molar-refractivity contribution is -0.132. The standard InChI is InChI=1S/C19H23NO4/c21-16-7-2-1-5-14(16)9-10-19(23)20-11-3-6-15(20)13-17(22)18-8-4-12-24-18/h1-2,4-5,7-8,12,15,17,21-22H,3,6,9-11,13H2. The maximum atomic E-state index is 12.5. The third-order valence-corrected chi connectivity index (χ3v) is 4.66. The van der Waals surface area contributed by atoms with Gasteiger partial charge in [-0.15, -0.1) is 0 Å². The van der Waals surface area contributed by atoms with Crippen LogP contribution in [-0.4, -0.2) is 33.6 Å². The number of nitrogens with zero attached hydrogens (tertiary/aromatic N) is 1. The second-order valence-corrected chi connectivity index (χ2v) is 6.28. The molecule has 2 heterocycles. The first-order chi connectivity index (χ1) is 11.6. The molecule has 0 aliphatic carbocycles. The van der Waals surface area contributed by atoms with Crippen LogP contribution in [0.2, 0.25) is 0 Å². The van der Waals surface area contributed by atoms with Gasteiger partial charge in [0.05, 0.1) is 6.26 Å². The molecule has 2 aromatic rings. The molecule has 1 amide bonds. The Labute approximate surface area is 141 Å². The first-order valence-electron chi connectivity index (χ1n) is 8.43. The van der Waals surface area contributed by atoms with E-state index in [-0.39, 0.29) is 17.7 Å². The average Bonchev–Trinajstić information content (AvgIpc) is 3.25. The number of aromatic hydroxyl groups is 1. The number of likely N-dealkylation sites (tertiary alicyclic amines) is 1. The van der Waals surface area contributed by atoms with Crippen LogP contribution in [0, 0.1) is 0 Å². The zero-order valence-electron chi connectivity index (χ0n) is 13.6. The summed E-state index contributed by atoms with van der Waals surface area (Å²) in [5.41, 5.74) is 0.789. The van der Waals surface area contributed by atoms with Crippen LogP contribution in [0.25, 0.3) is 0 Å². The third kappa shape index (κ3) is 3.79. The van der Waals surface area contributed by atoms with Gasteiger partial charge in [-0.05, 0) is 43.0 Å². The summed E-state index contributed by atoms with van der Waals surface area (Å²) in [7, 11) is 0. The maximum Gasteiger partial charge on any atom is 0.223 e. The highest BCUT2D eigenvalue weighted by atomic mass is 16.4. The number of aryl methyl sites for hydroxylation is 1. The largest absolute Gasteiger partial charge is 0.508 e. The van der Waals surface area contributed by atoms with Gasteiger partial charge in [0, 0.05) is 25.4 Å². The van der Waals surface area contributed by atoms with E-state index in [1.807, 2.05) is 17.0 Å². The highest BCUT2D eigenvalue weighted by Crippen LogP contribution is 2.28. The van der Waals surface area contributed by atoms with E-state index in [1.54, 1.807) is 30.5 Å². The summed E-state index contributed by atoms with van der Waals surface area (Å²) in [5.74, 6) is 0.854. The normalized spacial score (nSPS) is 18.7. The molecule has 24 heavy (non-hydrogen) atoms. The predicted octanol–water partition coefficient (Wildman–Crippen LogP) is 3.03. The van der Waals surface area contributed by atoms with Crippen LogP contribution in [0.4, 0.5) is 0 Å². The van der Waals surface area contributed by atoms with E-state index in [2.05, 4.69) is 0 Å².